The van der Waals surface area contributed by atoms with Crippen LogP contribution >= 0.6 is 11.8 Å². The number of nitrogens with two attached hydrogens (primary N) is 7. The lowest BCUT2D eigenvalue weighted by molar-refractivity contribution is 0.106. The quantitative estimate of drug-likeness (QED) is 0.0176. The van der Waals surface area contributed by atoms with Gasteiger partial charge in [0.05, 0.1) is 51.5 Å². The SMILES string of the molecule is C.CC(C)C[C@@H](CO)Nc1cc(-n2nc(Nc3ccc(S(N)(=O)=O)cc3)nc2N)ncn1.CCN1CCC(c2ccc(Nc3nc(N)n(-c4ccccn4)n3)cc2)C1.CN(c1cc(-n2nc(Nc3ccc(S(N)(=O)=O)cc3)nc2N)ncn1)[C@H](COCc1ccccc1)c1ccccc1.CSc1c(N[C@H]2CCNC2)ncnc1-n1nc(Nc2ccc(S(N)(=O)=O)cc2)nc1N. The zero-order valence-corrected chi connectivity index (χ0v) is 74.0. The molecule has 43 nitrogen and oxygen atoms in total. The zero-order valence-electron chi connectivity index (χ0n) is 70.7. The van der Waals surface area contributed by atoms with E-state index in [-0.39, 0.29) is 76.5 Å². The molecule has 0 aliphatic carbocycles. The largest absolute Gasteiger partial charge is 0.394 e. The highest BCUT2D eigenvalue weighted by atomic mass is 32.2. The van der Waals surface area contributed by atoms with E-state index in [2.05, 4.69) is 175 Å². The van der Waals surface area contributed by atoms with Crippen molar-refractivity contribution in [3.63, 3.8) is 0 Å². The molecule has 2 saturated heterocycles. The Bertz CT molecular complexity index is 6390. The second kappa shape index (κ2) is 43.7. The molecule has 14 aromatic rings. The van der Waals surface area contributed by atoms with Crippen LogP contribution in [0.4, 0.5) is 87.8 Å². The van der Waals surface area contributed by atoms with Gasteiger partial charge in [0.2, 0.25) is 77.7 Å². The molecule has 130 heavy (non-hydrogen) atoms. The minimum atomic E-state index is -3.79. The third-order valence-electron chi connectivity index (χ3n) is 20.1. The molecule has 2 fully saturated rings. The van der Waals surface area contributed by atoms with Crippen molar-refractivity contribution >= 4 is 130 Å². The lowest BCUT2D eigenvalue weighted by Crippen LogP contribution is -2.29. The summed E-state index contributed by atoms with van der Waals surface area (Å²) in [6.45, 7) is 12.6. The van der Waals surface area contributed by atoms with Gasteiger partial charge in [-0.15, -0.1) is 32.2 Å². The number of pyridine rings is 1. The topological polar surface area (TPSA) is 618 Å². The number of aliphatic hydroxyl groups is 1. The number of hydrogen-bond acceptors (Lipinski definition) is 37. The Morgan fingerprint density at radius 3 is 1.51 bits per heavy atom. The fraction of sp³-hybridized carbons (Fsp3) is 0.265. The first-order chi connectivity index (χ1) is 62.0. The van der Waals surface area contributed by atoms with Gasteiger partial charge in [0.15, 0.2) is 23.3 Å². The highest BCUT2D eigenvalue weighted by Gasteiger charge is 2.27. The second-order valence-electron chi connectivity index (χ2n) is 29.8. The summed E-state index contributed by atoms with van der Waals surface area (Å²) in [6.07, 6.45) is 10.9. The fourth-order valence-corrected chi connectivity index (χ4v) is 15.8. The van der Waals surface area contributed by atoms with E-state index in [0.717, 1.165) is 60.7 Å². The minimum absolute atomic E-state index is 0. The molecule has 10 heterocycles. The van der Waals surface area contributed by atoms with Gasteiger partial charge in [-0.2, -0.15) is 38.7 Å². The van der Waals surface area contributed by atoms with Gasteiger partial charge >= 0.3 is 0 Å². The van der Waals surface area contributed by atoms with Crippen LogP contribution in [0.15, 0.2) is 233 Å². The van der Waals surface area contributed by atoms with Crippen LogP contribution < -0.4 is 80.5 Å². The minimum Gasteiger partial charge on any atom is -0.394 e. The first-order valence-electron chi connectivity index (χ1n) is 40.4. The third-order valence-corrected chi connectivity index (χ3v) is 23.7. The Balaban J connectivity index is 0.000000158. The Kier molecular flexibility index (Phi) is 31.9. The number of nitrogen functional groups attached to an aromatic ring is 4. The molecule has 16 rings (SSSR count). The van der Waals surface area contributed by atoms with Crippen LogP contribution in [0.5, 0.6) is 0 Å². The summed E-state index contributed by atoms with van der Waals surface area (Å²) in [4.78, 5) is 52.4. The van der Waals surface area contributed by atoms with Crippen molar-refractivity contribution in [3.05, 3.63) is 230 Å². The molecule has 0 bridgehead atoms. The van der Waals surface area contributed by atoms with E-state index in [1.54, 1.807) is 42.6 Å². The molecule has 8 aromatic heterocycles. The molecule has 47 heteroatoms. The summed E-state index contributed by atoms with van der Waals surface area (Å²) in [6, 6.07) is 55.2. The van der Waals surface area contributed by atoms with Crippen LogP contribution in [-0.4, -0.2) is 201 Å². The van der Waals surface area contributed by atoms with E-state index in [9.17, 15) is 30.4 Å². The van der Waals surface area contributed by atoms with Crippen molar-refractivity contribution < 1.29 is 35.1 Å². The second-order valence-corrected chi connectivity index (χ2v) is 35.3. The molecule has 2 aliphatic heterocycles. The third kappa shape index (κ3) is 25.7. The molecule has 0 saturated carbocycles. The van der Waals surface area contributed by atoms with E-state index in [4.69, 9.17) is 43.1 Å². The zero-order chi connectivity index (χ0) is 91.4. The molecule has 6 aromatic carbocycles. The normalized spacial score (nSPS) is 14.3. The fourth-order valence-electron chi connectivity index (χ4n) is 13.6. The number of anilines is 15. The molecule has 0 amide bonds. The van der Waals surface area contributed by atoms with Gasteiger partial charge in [-0.05, 0) is 171 Å². The number of likely N-dealkylation sites (tertiary alicyclic amines) is 1. The van der Waals surface area contributed by atoms with E-state index in [1.807, 2.05) is 84.9 Å². The Hall–Kier alpha value is -14.0. The number of benzene rings is 6. The number of hydrogen-bond donors (Lipinski definition) is 15. The van der Waals surface area contributed by atoms with Crippen molar-refractivity contribution in [2.45, 2.75) is 97.7 Å². The molecular formula is C83H103N35O8S4. The monoisotopic (exact) mass is 1850 g/mol. The molecule has 682 valence electrons. The predicted octanol–water partition coefficient (Wildman–Crippen LogP) is 8.23. The van der Waals surface area contributed by atoms with Crippen molar-refractivity contribution in [1.29, 1.82) is 0 Å². The number of ether oxygens (including phenoxy) is 1. The summed E-state index contributed by atoms with van der Waals surface area (Å²) < 4.78 is 80.3. The van der Waals surface area contributed by atoms with E-state index in [0.29, 0.717) is 101 Å². The lowest BCUT2D eigenvalue weighted by Gasteiger charge is -2.29. The number of thioether (sulfide) groups is 1. The molecule has 2 aliphatic rings. The van der Waals surface area contributed by atoms with Crippen LogP contribution in [-0.2, 0) is 41.4 Å². The Morgan fingerprint density at radius 1 is 0.562 bits per heavy atom. The maximum atomic E-state index is 11.5. The Labute approximate surface area is 755 Å². The van der Waals surface area contributed by atoms with Crippen LogP contribution in [0.2, 0.25) is 0 Å². The number of primary sulfonamides is 3. The van der Waals surface area contributed by atoms with Crippen molar-refractivity contribution in [2.24, 2.45) is 21.3 Å². The van der Waals surface area contributed by atoms with Crippen molar-refractivity contribution in [2.75, 3.05) is 119 Å². The van der Waals surface area contributed by atoms with E-state index >= 15 is 0 Å². The Morgan fingerprint density at radius 2 is 1.04 bits per heavy atom. The predicted molar refractivity (Wildman–Crippen MR) is 501 cm³/mol. The van der Waals surface area contributed by atoms with Crippen molar-refractivity contribution in [1.82, 2.24) is 104 Å². The molecule has 22 N–H and O–H groups in total. The summed E-state index contributed by atoms with van der Waals surface area (Å²) in [5.74, 6) is 6.60. The van der Waals surface area contributed by atoms with Gasteiger partial charge in [0, 0.05) is 67.3 Å². The maximum Gasteiger partial charge on any atom is 0.248 e. The number of nitrogens with one attached hydrogen (secondary N) is 7. The molecule has 0 spiro atoms. The lowest BCUT2D eigenvalue weighted by atomic mass is 9.98. The standard InChI is InChI=1S/C28H29N9O3S.C19H23N7.C18H25N9O3S.C17H22N10O2S2.CH4/c1-36(24(21-10-6-3-7-11-21)18-40-17-20-8-4-2-5-9-20)25-16-26(32-19-31-25)37-27(29)34-28(35-37)33-22-12-14-23(15-13-22)41(30,38)39;1-2-25-12-10-15(13-25)14-6-8-16(9-7-14)22-19-23-18(20)26(24-19)17-5-3-4-11-21-17;1-11(2)7-13(9-28)23-15-8-16(22-10-21-15)27-17(19)25-18(26-27)24-12-3-5-14(6-4-12)31(20,29)30;1-30-13-14(23-11-6-7-20-8-11)21-9-22-15(13)27-16(18)25-17(26-27)24-10-2-4-12(5-3-10)31(19,28)29;/h2-16,19,24H,17-18H2,1H3,(H2,30,38,39)(H3,29,33,34,35);3-9,11,15H,2,10,12-13H2,1H3,(H3,20,22,23,24);3-6,8,10-11,13,28H,7,9H2,1-2H3,(H2,20,29,30)(H,21,22,23)(H3,19,24,25,26);2-5,9,11,20H,6-8H2,1H3,(H2,19,28,29)(H,21,22,23)(H3,18,24,25,26);1H4/t24-;;13-;11-;/m1.00./s1. The summed E-state index contributed by atoms with van der Waals surface area (Å²) in [5.41, 5.74) is 30.4. The summed E-state index contributed by atoms with van der Waals surface area (Å²) in [7, 11) is -9.38. The van der Waals surface area contributed by atoms with Crippen LogP contribution in [0.25, 0.3) is 23.3 Å². The number of sulfonamides is 3. The average molecular weight is 1850 g/mol. The van der Waals surface area contributed by atoms with Crippen LogP contribution in [0, 0.1) is 5.92 Å². The summed E-state index contributed by atoms with van der Waals surface area (Å²) >= 11 is 1.48. The first-order valence-corrected chi connectivity index (χ1v) is 46.3. The number of rotatable bonds is 32. The number of aromatic nitrogens is 19. The van der Waals surface area contributed by atoms with Crippen LogP contribution in [0.3, 0.4) is 0 Å². The number of nitrogens with zero attached hydrogens (tertiary/aromatic N) is 21. The van der Waals surface area contributed by atoms with Crippen LogP contribution in [0.1, 0.15) is 76.1 Å². The van der Waals surface area contributed by atoms with Gasteiger partial charge in [-0.1, -0.05) is 107 Å². The molecule has 0 radical (unpaired) electrons. The number of aliphatic hydroxyl groups excluding tert-OH is 1. The summed E-state index contributed by atoms with van der Waals surface area (Å²) in [5, 5.41) is 64.6. The highest BCUT2D eigenvalue weighted by molar-refractivity contribution is 7.98. The molecular weight excluding hydrogens is 1740 g/mol. The molecule has 4 atom stereocenters. The number of likely N-dealkylation sites (N-methyl/N-ethyl adjacent to an activating group) is 2. The smallest absolute Gasteiger partial charge is 0.248 e. The first kappa shape index (κ1) is 95.1. The van der Waals surface area contributed by atoms with Gasteiger partial charge in [-0.25, -0.2) is 75.6 Å². The maximum absolute atomic E-state index is 11.5. The molecule has 1 unspecified atom stereocenters. The highest BCUT2D eigenvalue weighted by Crippen LogP contribution is 2.34. The van der Waals surface area contributed by atoms with Gasteiger partial charge < -0.3 is 79.8 Å². The van der Waals surface area contributed by atoms with Gasteiger partial charge in [-0.3, -0.25) is 0 Å². The van der Waals surface area contributed by atoms with E-state index < -0.39 is 30.1 Å². The average Bonchev–Trinajstić information content (AvgIpc) is 1.76. The van der Waals surface area contributed by atoms with E-state index in [1.165, 1.54) is 117 Å². The van der Waals surface area contributed by atoms with Gasteiger partial charge in [0.25, 0.3) is 0 Å². The van der Waals surface area contributed by atoms with Crippen molar-refractivity contribution in [3.8, 4) is 23.3 Å². The van der Waals surface area contributed by atoms with Gasteiger partial charge in [0.1, 0.15) is 36.4 Å².